The fourth-order valence-electron chi connectivity index (χ4n) is 5.84. The second-order valence-corrected chi connectivity index (χ2v) is 15.3. The number of amides is 2. The molecule has 7 nitrogen and oxygen atoms in total. The van der Waals surface area contributed by atoms with E-state index in [1.54, 1.807) is 12.1 Å². The van der Waals surface area contributed by atoms with Crippen molar-refractivity contribution in [2.24, 2.45) is 0 Å². The largest absolute Gasteiger partial charge is 0.448 e. The lowest BCUT2D eigenvalue weighted by atomic mass is 10.0. The van der Waals surface area contributed by atoms with Gasteiger partial charge in [0.15, 0.2) is 11.5 Å². The number of fused-ring (bicyclic) bond motifs is 2. The van der Waals surface area contributed by atoms with Gasteiger partial charge in [-0.25, -0.2) is 4.79 Å². The molecule has 1 unspecified atom stereocenters. The second kappa shape index (κ2) is 14.6. The fourth-order valence-corrected chi connectivity index (χ4v) is 9.94. The number of carbonyl (C=O) groups excluding carboxylic acids is 3. The van der Waals surface area contributed by atoms with E-state index in [0.29, 0.717) is 26.1 Å². The van der Waals surface area contributed by atoms with E-state index in [0.717, 1.165) is 27.0 Å². The molecule has 5 aromatic rings. The van der Waals surface area contributed by atoms with Gasteiger partial charge in [0, 0.05) is 32.7 Å². The average molecular weight is 725 g/mol. The normalized spacial score (nSPS) is 17.1. The Hall–Kier alpha value is -4.35. The first kappa shape index (κ1) is 33.2. The Morgan fingerprint density at radius 3 is 2.18 bits per heavy atom. The minimum atomic E-state index is -0.791. The summed E-state index contributed by atoms with van der Waals surface area (Å²) in [6.45, 7) is 0. The summed E-state index contributed by atoms with van der Waals surface area (Å²) < 4.78 is 7.74. The topological polar surface area (TPSA) is 92.8 Å². The lowest BCUT2D eigenvalue weighted by Crippen LogP contribution is -2.70. The van der Waals surface area contributed by atoms with Gasteiger partial charge in [-0.2, -0.15) is 0 Å². The third kappa shape index (κ3) is 7.05. The number of hydrogen-bond donors (Lipinski definition) is 1. The molecule has 1 aromatic heterocycles. The molecule has 2 atom stereocenters. The molecule has 49 heavy (non-hydrogen) atoms. The molecule has 11 heteroatoms. The van der Waals surface area contributed by atoms with E-state index in [9.17, 15) is 19.2 Å². The Balaban J connectivity index is 1.23. The number of rotatable bonds is 10. The summed E-state index contributed by atoms with van der Waals surface area (Å²) in [5.41, 5.74) is 3.27. The first-order valence-corrected chi connectivity index (χ1v) is 18.7. The zero-order valence-electron chi connectivity index (χ0n) is 25.9. The fraction of sp³-hybridized carbons (Fsp3) is 0.158. The van der Waals surface area contributed by atoms with Crippen molar-refractivity contribution in [1.29, 1.82) is 0 Å². The van der Waals surface area contributed by atoms with Crippen LogP contribution in [-0.2, 0) is 31.4 Å². The average Bonchev–Trinajstić information content (AvgIpc) is 3.13. The van der Waals surface area contributed by atoms with Gasteiger partial charge in [-0.3, -0.25) is 19.3 Å². The van der Waals surface area contributed by atoms with Gasteiger partial charge in [0.2, 0.25) is 5.91 Å². The molecule has 2 amide bonds. The van der Waals surface area contributed by atoms with Crippen molar-refractivity contribution in [3.63, 3.8) is 0 Å². The van der Waals surface area contributed by atoms with Crippen LogP contribution in [0, 0.1) is 0 Å². The number of alkyl halides is 1. The highest BCUT2D eigenvalue weighted by atomic mass is 35.5. The summed E-state index contributed by atoms with van der Waals surface area (Å²) in [6.07, 6.45) is -0.596. The monoisotopic (exact) mass is 724 g/mol. The van der Waals surface area contributed by atoms with Gasteiger partial charge in [0.05, 0.1) is 10.6 Å². The standard InChI is InChI=1S/C38H29ClN2O5S3/c39-21-24-16-17-27-28(42)20-32(48-29(27)18-24)49-30-22-47-37-33(40-31(43)19-23-10-4-1-5-11-23)36(44)41(37)34(30)38(45)46-35(25-12-6-2-7-13-25)26-14-8-3-9-15-26/h1-18,20,33,35,37H,19,21-22H2,(H,40,43)/t33?,37-/m1/s1. The molecule has 3 heterocycles. The Morgan fingerprint density at radius 1 is 0.878 bits per heavy atom. The van der Waals surface area contributed by atoms with E-state index in [4.69, 9.17) is 16.3 Å². The third-order valence-electron chi connectivity index (χ3n) is 8.23. The molecule has 0 spiro atoms. The van der Waals surface area contributed by atoms with Crippen LogP contribution >= 0.6 is 46.5 Å². The SMILES string of the molecule is O=C(Cc1ccccc1)NC1C(=O)N2C(C(=O)OC(c3ccccc3)c3ccccc3)=C(Sc3cc(=O)c4ccc(CCl)cc4s3)CS[C@H]12. The van der Waals surface area contributed by atoms with E-state index >= 15 is 0 Å². The highest BCUT2D eigenvalue weighted by Gasteiger charge is 2.55. The molecule has 0 aliphatic carbocycles. The van der Waals surface area contributed by atoms with Crippen LogP contribution in [0.15, 0.2) is 135 Å². The molecular weight excluding hydrogens is 696 g/mol. The Bertz CT molecular complexity index is 2090. The van der Waals surface area contributed by atoms with Crippen molar-refractivity contribution in [2.75, 3.05) is 5.75 Å². The number of ether oxygens (including phenoxy) is 1. The van der Waals surface area contributed by atoms with Crippen LogP contribution in [0.2, 0.25) is 0 Å². The van der Waals surface area contributed by atoms with Gasteiger partial charge in [-0.15, -0.1) is 34.7 Å². The number of halogens is 1. The van der Waals surface area contributed by atoms with E-state index in [-0.39, 0.29) is 23.5 Å². The van der Waals surface area contributed by atoms with Crippen molar-refractivity contribution in [2.45, 2.75) is 34.0 Å². The lowest BCUT2D eigenvalue weighted by molar-refractivity contribution is -0.154. The van der Waals surface area contributed by atoms with Crippen LogP contribution in [0.1, 0.15) is 28.4 Å². The Labute approximate surface area is 300 Å². The summed E-state index contributed by atoms with van der Waals surface area (Å²) >= 11 is 10.2. The van der Waals surface area contributed by atoms with Crippen LogP contribution < -0.4 is 10.7 Å². The summed E-state index contributed by atoms with van der Waals surface area (Å²) in [5.74, 6) is -0.638. The van der Waals surface area contributed by atoms with Crippen LogP contribution in [0.3, 0.4) is 0 Å². The molecule has 2 aliphatic heterocycles. The zero-order chi connectivity index (χ0) is 33.9. The van der Waals surface area contributed by atoms with Crippen molar-refractivity contribution in [1.82, 2.24) is 10.2 Å². The zero-order valence-corrected chi connectivity index (χ0v) is 29.1. The predicted molar refractivity (Wildman–Crippen MR) is 197 cm³/mol. The number of thioether (sulfide) groups is 2. The van der Waals surface area contributed by atoms with Crippen LogP contribution in [-0.4, -0.2) is 39.9 Å². The summed E-state index contributed by atoms with van der Waals surface area (Å²) in [6, 6.07) is 34.5. The second-order valence-electron chi connectivity index (χ2n) is 11.5. The third-order valence-corrected chi connectivity index (χ3v) is 12.3. The highest BCUT2D eigenvalue weighted by Crippen LogP contribution is 2.47. The predicted octanol–water partition coefficient (Wildman–Crippen LogP) is 7.28. The summed E-state index contributed by atoms with van der Waals surface area (Å²) in [5, 5.41) is 2.99. The molecule has 0 saturated carbocycles. The number of benzene rings is 4. The van der Waals surface area contributed by atoms with Crippen molar-refractivity contribution >= 4 is 74.3 Å². The van der Waals surface area contributed by atoms with Crippen molar-refractivity contribution in [3.8, 4) is 0 Å². The number of carbonyl (C=O) groups is 3. The number of hydrogen-bond acceptors (Lipinski definition) is 8. The molecule has 2 aliphatic rings. The van der Waals surface area contributed by atoms with E-state index in [1.807, 2.05) is 103 Å². The van der Waals surface area contributed by atoms with Crippen LogP contribution in [0.4, 0.5) is 0 Å². The summed E-state index contributed by atoms with van der Waals surface area (Å²) in [7, 11) is 0. The molecule has 7 rings (SSSR count). The molecule has 0 radical (unpaired) electrons. The molecular formula is C38H29ClN2O5S3. The van der Waals surface area contributed by atoms with Gasteiger partial charge in [-0.1, -0.05) is 109 Å². The molecule has 4 aromatic carbocycles. The van der Waals surface area contributed by atoms with E-state index in [1.165, 1.54) is 39.8 Å². The maximum atomic E-state index is 14.4. The number of nitrogens with zero attached hydrogens (tertiary/aromatic N) is 1. The van der Waals surface area contributed by atoms with Crippen molar-refractivity contribution in [3.05, 3.63) is 158 Å². The number of esters is 1. The van der Waals surface area contributed by atoms with Gasteiger partial charge in [0.25, 0.3) is 5.91 Å². The maximum absolute atomic E-state index is 14.4. The van der Waals surface area contributed by atoms with E-state index < -0.39 is 29.4 Å². The maximum Gasteiger partial charge on any atom is 0.356 e. The number of β-lactam (4-membered cyclic amide) rings is 1. The lowest BCUT2D eigenvalue weighted by Gasteiger charge is -2.49. The minimum Gasteiger partial charge on any atom is -0.448 e. The van der Waals surface area contributed by atoms with E-state index in [2.05, 4.69) is 5.32 Å². The first-order valence-electron chi connectivity index (χ1n) is 15.5. The van der Waals surface area contributed by atoms with Crippen molar-refractivity contribution < 1.29 is 19.1 Å². The molecule has 1 saturated heterocycles. The Kier molecular flexibility index (Phi) is 9.91. The van der Waals surface area contributed by atoms with Gasteiger partial charge < -0.3 is 10.1 Å². The van der Waals surface area contributed by atoms with Gasteiger partial charge in [0.1, 0.15) is 17.1 Å². The minimum absolute atomic E-state index is 0.124. The molecule has 1 fully saturated rings. The van der Waals surface area contributed by atoms with Crippen LogP contribution in [0.25, 0.3) is 10.1 Å². The molecule has 0 bridgehead atoms. The molecule has 1 N–H and O–H groups in total. The Morgan fingerprint density at radius 2 is 1.53 bits per heavy atom. The highest BCUT2D eigenvalue weighted by molar-refractivity contribution is 8.07. The molecule has 246 valence electrons. The van der Waals surface area contributed by atoms with Gasteiger partial charge >= 0.3 is 5.97 Å². The van der Waals surface area contributed by atoms with Gasteiger partial charge in [-0.05, 0) is 34.4 Å². The summed E-state index contributed by atoms with van der Waals surface area (Å²) in [4.78, 5) is 56.3. The number of nitrogens with one attached hydrogen (secondary N) is 1. The van der Waals surface area contributed by atoms with Crippen LogP contribution in [0.5, 0.6) is 0 Å². The first-order chi connectivity index (χ1) is 23.9. The quantitative estimate of drug-likeness (QED) is 0.0920. The smallest absolute Gasteiger partial charge is 0.356 e.